The maximum absolute atomic E-state index is 11.4. The van der Waals surface area contributed by atoms with E-state index in [4.69, 9.17) is 4.99 Å². The summed E-state index contributed by atoms with van der Waals surface area (Å²) in [7, 11) is 0. The van der Waals surface area contributed by atoms with E-state index < -0.39 is 4.92 Å². The van der Waals surface area contributed by atoms with Crippen LogP contribution in [0.2, 0.25) is 0 Å². The molecule has 3 aromatic carbocycles. The van der Waals surface area contributed by atoms with Crippen LogP contribution in [0.5, 0.6) is 5.88 Å². The molecule has 8 heteroatoms. The predicted molar refractivity (Wildman–Crippen MR) is 131 cm³/mol. The van der Waals surface area contributed by atoms with Gasteiger partial charge in [-0.05, 0) is 23.8 Å². The van der Waals surface area contributed by atoms with E-state index in [1.807, 2.05) is 60.8 Å². The summed E-state index contributed by atoms with van der Waals surface area (Å²) in [5.41, 5.74) is 5.06. The Kier molecular flexibility index (Phi) is 5.39. The van der Waals surface area contributed by atoms with Crippen LogP contribution in [0.4, 0.5) is 11.4 Å². The average molecular weight is 451 g/mol. The highest BCUT2D eigenvalue weighted by molar-refractivity contribution is 6.22. The largest absolute Gasteiger partial charge is 0.494 e. The lowest BCUT2D eigenvalue weighted by atomic mass is 9.98. The fourth-order valence-corrected chi connectivity index (χ4v) is 4.03. The second-order valence-electron chi connectivity index (χ2n) is 7.98. The molecule has 3 N–H and O–H groups in total. The number of aromatic amines is 2. The number of aromatic hydroxyl groups is 1. The Hall–Kier alpha value is -4.72. The van der Waals surface area contributed by atoms with E-state index >= 15 is 0 Å². The number of nitrogens with zero attached hydrogens (tertiary/aromatic N) is 3. The molecule has 0 bridgehead atoms. The van der Waals surface area contributed by atoms with E-state index in [1.54, 1.807) is 12.4 Å². The van der Waals surface area contributed by atoms with Crippen molar-refractivity contribution in [3.63, 3.8) is 0 Å². The smallest absolute Gasteiger partial charge is 0.270 e. The molecule has 8 nitrogen and oxygen atoms in total. The molecule has 0 fully saturated rings. The molecular weight excluding hydrogens is 430 g/mol. The maximum atomic E-state index is 11.4. The summed E-state index contributed by atoms with van der Waals surface area (Å²) in [5, 5.41) is 22.7. The molecule has 0 radical (unpaired) electrons. The number of nitro benzene ring substituents is 1. The number of hydrogen-bond donors (Lipinski definition) is 3. The molecule has 34 heavy (non-hydrogen) atoms. The average Bonchev–Trinajstić information content (AvgIpc) is 3.50. The third-order valence-electron chi connectivity index (χ3n) is 5.88. The van der Waals surface area contributed by atoms with E-state index in [9.17, 15) is 15.2 Å². The number of aliphatic imine (C=N–C) groups is 1. The first-order chi connectivity index (χ1) is 16.5. The van der Waals surface area contributed by atoms with Gasteiger partial charge < -0.3 is 15.1 Å². The fourth-order valence-electron chi connectivity index (χ4n) is 4.03. The monoisotopic (exact) mass is 451 g/mol. The predicted octanol–water partition coefficient (Wildman–Crippen LogP) is 5.83. The van der Waals surface area contributed by atoms with Crippen molar-refractivity contribution in [3.8, 4) is 5.88 Å². The van der Waals surface area contributed by atoms with Crippen molar-refractivity contribution in [1.29, 1.82) is 0 Å². The van der Waals surface area contributed by atoms with Crippen LogP contribution in [0.3, 0.4) is 0 Å². The van der Waals surface area contributed by atoms with Gasteiger partial charge in [0.1, 0.15) is 0 Å². The molecule has 0 saturated carbocycles. The van der Waals surface area contributed by atoms with Gasteiger partial charge >= 0.3 is 0 Å². The summed E-state index contributed by atoms with van der Waals surface area (Å²) in [5.74, 6) is 0.0509. The van der Waals surface area contributed by atoms with Crippen molar-refractivity contribution in [2.24, 2.45) is 4.99 Å². The first-order valence-corrected chi connectivity index (χ1v) is 10.7. The molecule has 2 heterocycles. The van der Waals surface area contributed by atoms with Gasteiger partial charge in [-0.3, -0.25) is 10.1 Å². The van der Waals surface area contributed by atoms with Crippen molar-refractivity contribution < 1.29 is 10.0 Å². The molecule has 0 amide bonds. The Morgan fingerprint density at radius 2 is 1.85 bits per heavy atom. The summed E-state index contributed by atoms with van der Waals surface area (Å²) in [6.07, 6.45) is 3.47. The van der Waals surface area contributed by atoms with Crippen molar-refractivity contribution >= 4 is 28.0 Å². The van der Waals surface area contributed by atoms with Gasteiger partial charge in [0, 0.05) is 46.4 Å². The van der Waals surface area contributed by atoms with Crippen LogP contribution in [0.25, 0.3) is 10.9 Å². The summed E-state index contributed by atoms with van der Waals surface area (Å²) >= 11 is 0. The number of nitrogens with one attached hydrogen (secondary N) is 2. The number of non-ortho nitro benzene ring substituents is 1. The van der Waals surface area contributed by atoms with Gasteiger partial charge in [-0.2, -0.15) is 0 Å². The second kappa shape index (κ2) is 8.67. The Labute approximate surface area is 194 Å². The van der Waals surface area contributed by atoms with Gasteiger partial charge in [-0.25, -0.2) is 9.98 Å². The number of fused-ring (bicyclic) bond motifs is 1. The summed E-state index contributed by atoms with van der Waals surface area (Å²) in [6, 6.07) is 21.7. The number of H-pyrrole nitrogens is 2. The van der Waals surface area contributed by atoms with E-state index in [0.29, 0.717) is 27.9 Å². The van der Waals surface area contributed by atoms with Crippen molar-refractivity contribution in [3.05, 3.63) is 118 Å². The molecule has 5 rings (SSSR count). The summed E-state index contributed by atoms with van der Waals surface area (Å²) in [4.78, 5) is 25.9. The molecule has 5 aromatic rings. The van der Waals surface area contributed by atoms with E-state index in [-0.39, 0.29) is 17.5 Å². The minimum Gasteiger partial charge on any atom is -0.494 e. The van der Waals surface area contributed by atoms with Crippen LogP contribution in [0.15, 0.2) is 90.3 Å². The fraction of sp³-hybridized carbons (Fsp3) is 0.0769. The van der Waals surface area contributed by atoms with Crippen molar-refractivity contribution in [2.75, 3.05) is 0 Å². The maximum Gasteiger partial charge on any atom is 0.270 e. The number of rotatable bonds is 6. The molecule has 2 aromatic heterocycles. The first-order valence-electron chi connectivity index (χ1n) is 10.7. The molecule has 0 saturated heterocycles. The normalized spacial score (nSPS) is 12.7. The Morgan fingerprint density at radius 3 is 2.53 bits per heavy atom. The first kappa shape index (κ1) is 21.1. The zero-order valence-corrected chi connectivity index (χ0v) is 18.3. The third kappa shape index (κ3) is 3.93. The quantitative estimate of drug-likeness (QED) is 0.171. The van der Waals surface area contributed by atoms with E-state index in [2.05, 4.69) is 21.9 Å². The number of aromatic nitrogens is 3. The molecule has 0 aliphatic carbocycles. The highest BCUT2D eigenvalue weighted by atomic mass is 16.6. The topological polar surface area (TPSA) is 120 Å². The molecule has 0 spiro atoms. The lowest BCUT2D eigenvalue weighted by molar-refractivity contribution is -0.384. The molecule has 168 valence electrons. The van der Waals surface area contributed by atoms with E-state index in [0.717, 1.165) is 16.8 Å². The molecule has 1 atom stereocenters. The Morgan fingerprint density at radius 1 is 1.09 bits per heavy atom. The molecule has 0 aliphatic heterocycles. The number of benzene rings is 3. The minimum atomic E-state index is -0.452. The Bertz CT molecular complexity index is 1490. The van der Waals surface area contributed by atoms with Gasteiger partial charge in [-0.15, -0.1) is 0 Å². The Balaban J connectivity index is 1.63. The minimum absolute atomic E-state index is 0.0580. The highest BCUT2D eigenvalue weighted by Gasteiger charge is 2.21. The SMILES string of the molecule is CC(c1ccc(N=C(c2ccccc2)c2c(O)[nH]c3ccc([N+](=O)[O-])cc23)cc1)c1cnc[nH]1. The standard InChI is InChI=1S/C26H21N5O3/c1-16(23-14-27-15-28-23)17-7-9-19(10-8-17)29-25(18-5-3-2-4-6-18)24-21-13-20(31(33)34)11-12-22(21)30-26(24)32/h2-16,30,32H,1H3,(H,27,28). The van der Waals surface area contributed by atoms with Gasteiger partial charge in [-0.1, -0.05) is 49.4 Å². The number of imidazole rings is 1. The van der Waals surface area contributed by atoms with Crippen molar-refractivity contribution in [1.82, 2.24) is 15.0 Å². The second-order valence-corrected chi connectivity index (χ2v) is 7.98. The lowest BCUT2D eigenvalue weighted by Crippen LogP contribution is -2.03. The van der Waals surface area contributed by atoms with Crippen LogP contribution in [0.1, 0.15) is 35.2 Å². The molecule has 0 aliphatic rings. The van der Waals surface area contributed by atoms with Gasteiger partial charge in [0.05, 0.1) is 28.2 Å². The van der Waals surface area contributed by atoms with Crippen LogP contribution < -0.4 is 0 Å². The van der Waals surface area contributed by atoms with E-state index in [1.165, 1.54) is 12.1 Å². The number of nitro groups is 1. The van der Waals surface area contributed by atoms with Crippen LogP contribution in [-0.2, 0) is 0 Å². The summed E-state index contributed by atoms with van der Waals surface area (Å²) in [6.45, 7) is 2.10. The van der Waals surface area contributed by atoms with Crippen LogP contribution >= 0.6 is 0 Å². The number of hydrogen-bond acceptors (Lipinski definition) is 5. The van der Waals surface area contributed by atoms with Crippen LogP contribution in [0, 0.1) is 10.1 Å². The lowest BCUT2D eigenvalue weighted by Gasteiger charge is -2.11. The van der Waals surface area contributed by atoms with Gasteiger partial charge in [0.25, 0.3) is 5.69 Å². The van der Waals surface area contributed by atoms with Gasteiger partial charge in [0.15, 0.2) is 5.88 Å². The molecular formula is C26H21N5O3. The molecule has 1 unspecified atom stereocenters. The highest BCUT2D eigenvalue weighted by Crippen LogP contribution is 2.34. The third-order valence-corrected chi connectivity index (χ3v) is 5.88. The zero-order valence-electron chi connectivity index (χ0n) is 18.3. The summed E-state index contributed by atoms with van der Waals surface area (Å²) < 4.78 is 0. The zero-order chi connectivity index (χ0) is 23.7. The van der Waals surface area contributed by atoms with Gasteiger partial charge in [0.2, 0.25) is 0 Å². The van der Waals surface area contributed by atoms with Crippen molar-refractivity contribution in [2.45, 2.75) is 12.8 Å². The van der Waals surface area contributed by atoms with Crippen LogP contribution in [-0.4, -0.2) is 30.7 Å².